The van der Waals surface area contributed by atoms with Crippen LogP contribution in [0, 0.1) is 6.92 Å². The Kier molecular flexibility index (Phi) is 3.83. The average Bonchev–Trinajstić information content (AvgIpc) is 2.47. The lowest BCUT2D eigenvalue weighted by molar-refractivity contribution is 0.0215. The summed E-state index contributed by atoms with van der Waals surface area (Å²) < 4.78 is 5.82. The molecule has 0 spiro atoms. The lowest BCUT2D eigenvalue weighted by atomic mass is 10.1. The fraction of sp³-hybridized carbons (Fsp3) is 0.500. The van der Waals surface area contributed by atoms with Crippen LogP contribution >= 0.6 is 0 Å². The maximum absolute atomic E-state index is 5.82. The van der Waals surface area contributed by atoms with E-state index in [1.165, 1.54) is 18.4 Å². The number of rotatable bonds is 3. The van der Waals surface area contributed by atoms with Crippen molar-refractivity contribution >= 4 is 16.7 Å². The summed E-state index contributed by atoms with van der Waals surface area (Å²) in [5.41, 5.74) is 2.23. The normalized spacial score (nSPS) is 19.2. The Morgan fingerprint density at radius 3 is 3.00 bits per heavy atom. The maximum Gasteiger partial charge on any atom is 0.139 e. The lowest BCUT2D eigenvalue weighted by Crippen LogP contribution is -2.33. The standard InChI is InChI=1S/C16H21N3O/c1-12-6-7-15-14(9-12)16(18-11-17-15)19(2)10-13-5-3-4-8-20-13/h6-7,9,11,13H,3-5,8,10H2,1-2H3. The Morgan fingerprint density at radius 1 is 1.30 bits per heavy atom. The minimum Gasteiger partial charge on any atom is -0.376 e. The van der Waals surface area contributed by atoms with E-state index in [1.807, 2.05) is 0 Å². The molecule has 0 amide bonds. The number of hydrogen-bond acceptors (Lipinski definition) is 4. The molecular formula is C16H21N3O. The number of fused-ring (bicyclic) bond motifs is 1. The number of likely N-dealkylation sites (N-methyl/N-ethyl adjacent to an activating group) is 1. The molecule has 1 aliphatic rings. The smallest absolute Gasteiger partial charge is 0.139 e. The largest absolute Gasteiger partial charge is 0.376 e. The SMILES string of the molecule is Cc1ccc2ncnc(N(C)CC3CCCCO3)c2c1. The molecule has 0 radical (unpaired) electrons. The highest BCUT2D eigenvalue weighted by atomic mass is 16.5. The molecule has 20 heavy (non-hydrogen) atoms. The summed E-state index contributed by atoms with van der Waals surface area (Å²) in [5, 5.41) is 1.12. The molecule has 2 aromatic rings. The molecule has 0 N–H and O–H groups in total. The van der Waals surface area contributed by atoms with Crippen molar-refractivity contribution in [2.24, 2.45) is 0 Å². The summed E-state index contributed by atoms with van der Waals surface area (Å²) in [6.45, 7) is 3.88. The molecule has 0 aliphatic carbocycles. The monoisotopic (exact) mass is 271 g/mol. The molecule has 0 bridgehead atoms. The van der Waals surface area contributed by atoms with E-state index >= 15 is 0 Å². The van der Waals surface area contributed by atoms with Crippen molar-refractivity contribution < 1.29 is 4.74 Å². The predicted octanol–water partition coefficient (Wildman–Crippen LogP) is 2.94. The molecule has 1 fully saturated rings. The molecule has 4 nitrogen and oxygen atoms in total. The first-order valence-electron chi connectivity index (χ1n) is 7.28. The van der Waals surface area contributed by atoms with E-state index in [4.69, 9.17) is 4.74 Å². The zero-order valence-corrected chi connectivity index (χ0v) is 12.2. The quantitative estimate of drug-likeness (QED) is 0.860. The second-order valence-corrected chi connectivity index (χ2v) is 5.59. The van der Waals surface area contributed by atoms with Gasteiger partial charge in [-0.05, 0) is 38.3 Å². The average molecular weight is 271 g/mol. The Hall–Kier alpha value is -1.68. The van der Waals surface area contributed by atoms with E-state index < -0.39 is 0 Å². The number of benzene rings is 1. The number of aromatic nitrogens is 2. The summed E-state index contributed by atoms with van der Waals surface area (Å²) >= 11 is 0. The second-order valence-electron chi connectivity index (χ2n) is 5.59. The van der Waals surface area contributed by atoms with Crippen LogP contribution in [0.2, 0.25) is 0 Å². The van der Waals surface area contributed by atoms with Gasteiger partial charge in [-0.1, -0.05) is 11.6 Å². The Bertz CT molecular complexity index is 593. The van der Waals surface area contributed by atoms with Gasteiger partial charge in [0.15, 0.2) is 0 Å². The molecular weight excluding hydrogens is 250 g/mol. The first-order valence-corrected chi connectivity index (χ1v) is 7.28. The van der Waals surface area contributed by atoms with Crippen molar-refractivity contribution in [3.8, 4) is 0 Å². The van der Waals surface area contributed by atoms with Gasteiger partial charge in [0, 0.05) is 25.6 Å². The third-order valence-corrected chi connectivity index (χ3v) is 3.88. The van der Waals surface area contributed by atoms with Crippen LogP contribution in [0.3, 0.4) is 0 Å². The van der Waals surface area contributed by atoms with Gasteiger partial charge in [0.25, 0.3) is 0 Å². The zero-order chi connectivity index (χ0) is 13.9. The fourth-order valence-corrected chi connectivity index (χ4v) is 2.80. The van der Waals surface area contributed by atoms with Gasteiger partial charge >= 0.3 is 0 Å². The number of anilines is 1. The molecule has 1 aliphatic heterocycles. The predicted molar refractivity (Wildman–Crippen MR) is 81.1 cm³/mol. The molecule has 2 heterocycles. The molecule has 3 rings (SSSR count). The van der Waals surface area contributed by atoms with Crippen molar-refractivity contribution in [2.45, 2.75) is 32.3 Å². The molecule has 1 aromatic heterocycles. The van der Waals surface area contributed by atoms with Gasteiger partial charge < -0.3 is 9.64 Å². The molecule has 1 aromatic carbocycles. The van der Waals surface area contributed by atoms with Crippen LogP contribution in [0.1, 0.15) is 24.8 Å². The van der Waals surface area contributed by atoms with Crippen molar-refractivity contribution in [1.82, 2.24) is 9.97 Å². The van der Waals surface area contributed by atoms with E-state index in [9.17, 15) is 0 Å². The number of nitrogens with zero attached hydrogens (tertiary/aromatic N) is 3. The summed E-state index contributed by atoms with van der Waals surface area (Å²) in [6.07, 6.45) is 5.57. The van der Waals surface area contributed by atoms with Crippen LogP contribution in [-0.4, -0.2) is 36.3 Å². The van der Waals surface area contributed by atoms with Crippen LogP contribution in [0.5, 0.6) is 0 Å². The first kappa shape index (κ1) is 13.3. The van der Waals surface area contributed by atoms with Crippen LogP contribution < -0.4 is 4.90 Å². The Morgan fingerprint density at radius 2 is 2.20 bits per heavy atom. The van der Waals surface area contributed by atoms with Gasteiger partial charge in [0.2, 0.25) is 0 Å². The molecule has 1 unspecified atom stereocenters. The van der Waals surface area contributed by atoms with Gasteiger partial charge in [0.1, 0.15) is 12.1 Å². The topological polar surface area (TPSA) is 38.2 Å². The third kappa shape index (κ3) is 2.75. The van der Waals surface area contributed by atoms with Crippen molar-refractivity contribution in [1.29, 1.82) is 0 Å². The first-order chi connectivity index (χ1) is 9.74. The van der Waals surface area contributed by atoms with Crippen molar-refractivity contribution in [3.05, 3.63) is 30.1 Å². The summed E-state index contributed by atoms with van der Waals surface area (Å²) in [7, 11) is 2.09. The summed E-state index contributed by atoms with van der Waals surface area (Å²) in [5.74, 6) is 0.993. The molecule has 1 atom stereocenters. The van der Waals surface area contributed by atoms with E-state index in [0.717, 1.165) is 36.3 Å². The second kappa shape index (κ2) is 5.75. The van der Waals surface area contributed by atoms with Gasteiger partial charge in [-0.3, -0.25) is 0 Å². The van der Waals surface area contributed by atoms with E-state index in [-0.39, 0.29) is 0 Å². The van der Waals surface area contributed by atoms with E-state index in [0.29, 0.717) is 6.10 Å². The van der Waals surface area contributed by atoms with E-state index in [2.05, 4.69) is 47.0 Å². The number of hydrogen-bond donors (Lipinski definition) is 0. The molecule has 4 heteroatoms. The minimum absolute atomic E-state index is 0.323. The highest BCUT2D eigenvalue weighted by Gasteiger charge is 2.18. The van der Waals surface area contributed by atoms with Gasteiger partial charge in [-0.25, -0.2) is 9.97 Å². The van der Waals surface area contributed by atoms with Gasteiger partial charge in [-0.2, -0.15) is 0 Å². The third-order valence-electron chi connectivity index (χ3n) is 3.88. The van der Waals surface area contributed by atoms with Gasteiger partial charge in [-0.15, -0.1) is 0 Å². The number of aryl methyl sites for hydroxylation is 1. The maximum atomic E-state index is 5.82. The van der Waals surface area contributed by atoms with Crippen LogP contribution in [-0.2, 0) is 4.74 Å². The molecule has 106 valence electrons. The van der Waals surface area contributed by atoms with Crippen LogP contribution in [0.25, 0.3) is 10.9 Å². The number of ether oxygens (including phenoxy) is 1. The molecule has 1 saturated heterocycles. The Balaban J connectivity index is 1.86. The lowest BCUT2D eigenvalue weighted by Gasteiger charge is -2.28. The highest BCUT2D eigenvalue weighted by molar-refractivity contribution is 5.89. The Labute approximate surface area is 119 Å². The molecule has 0 saturated carbocycles. The van der Waals surface area contributed by atoms with Crippen LogP contribution in [0.4, 0.5) is 5.82 Å². The zero-order valence-electron chi connectivity index (χ0n) is 12.2. The summed E-state index contributed by atoms with van der Waals surface area (Å²) in [4.78, 5) is 11.0. The van der Waals surface area contributed by atoms with Crippen molar-refractivity contribution in [2.75, 3.05) is 25.1 Å². The van der Waals surface area contributed by atoms with Gasteiger partial charge in [0.05, 0.1) is 11.6 Å². The fourth-order valence-electron chi connectivity index (χ4n) is 2.80. The summed E-state index contributed by atoms with van der Waals surface area (Å²) in [6, 6.07) is 6.30. The minimum atomic E-state index is 0.323. The van der Waals surface area contributed by atoms with Crippen molar-refractivity contribution in [3.63, 3.8) is 0 Å². The van der Waals surface area contributed by atoms with E-state index in [1.54, 1.807) is 6.33 Å². The van der Waals surface area contributed by atoms with Crippen LogP contribution in [0.15, 0.2) is 24.5 Å². The highest BCUT2D eigenvalue weighted by Crippen LogP contribution is 2.24.